The summed E-state index contributed by atoms with van der Waals surface area (Å²) in [5, 5.41) is 2.57. The predicted octanol–water partition coefficient (Wildman–Crippen LogP) is 4.45. The van der Waals surface area contributed by atoms with Gasteiger partial charge in [-0.15, -0.1) is 0 Å². The van der Waals surface area contributed by atoms with Crippen LogP contribution >= 0.6 is 0 Å². The van der Waals surface area contributed by atoms with Crippen molar-refractivity contribution in [3.63, 3.8) is 0 Å². The molecule has 0 heterocycles. The first-order valence-electron chi connectivity index (χ1n) is 5.37. The Morgan fingerprint density at radius 2 is 2.20 bits per heavy atom. The molecule has 0 N–H and O–H groups in total. The summed E-state index contributed by atoms with van der Waals surface area (Å²) in [7, 11) is 0. The Morgan fingerprint density at radius 3 is 3.00 bits per heavy atom. The average molecular weight is 195 g/mol. The van der Waals surface area contributed by atoms with E-state index in [1.54, 1.807) is 0 Å². The third kappa shape index (κ3) is 2.10. The first kappa shape index (κ1) is 9.97. The van der Waals surface area contributed by atoms with Crippen molar-refractivity contribution in [3.8, 4) is 0 Å². The van der Waals surface area contributed by atoms with Gasteiger partial charge in [0.2, 0.25) is 0 Å². The van der Waals surface area contributed by atoms with Crippen molar-refractivity contribution >= 4 is 16.8 Å². The summed E-state index contributed by atoms with van der Waals surface area (Å²) in [6.07, 6.45) is 3.37. The van der Waals surface area contributed by atoms with Crippen molar-refractivity contribution in [3.05, 3.63) is 53.6 Å². The van der Waals surface area contributed by atoms with E-state index in [-0.39, 0.29) is 0 Å². The Morgan fingerprint density at radius 1 is 1.33 bits per heavy atom. The first-order valence-corrected chi connectivity index (χ1v) is 5.37. The van der Waals surface area contributed by atoms with Crippen molar-refractivity contribution in [1.29, 1.82) is 0 Å². The van der Waals surface area contributed by atoms with Gasteiger partial charge in [-0.1, -0.05) is 48.9 Å². The van der Waals surface area contributed by atoms with E-state index in [2.05, 4.69) is 50.3 Å². The molecule has 0 aliphatic rings. The molecular weight excluding hydrogens is 180 g/mol. The van der Waals surface area contributed by atoms with Crippen molar-refractivity contribution in [1.82, 2.24) is 0 Å². The molecule has 15 heavy (non-hydrogen) atoms. The van der Waals surface area contributed by atoms with Gasteiger partial charge in [0.25, 0.3) is 0 Å². The van der Waals surface area contributed by atoms with Crippen LogP contribution in [-0.2, 0) is 0 Å². The van der Waals surface area contributed by atoms with Crippen LogP contribution in [0.25, 0.3) is 16.8 Å². The van der Waals surface area contributed by atoms with E-state index in [0.29, 0.717) is 0 Å². The monoisotopic (exact) mass is 195 g/mol. The standard InChI is InChI=1S/C15H15/c1-3-12(2)11-14-9-6-8-13-7-4-5-10-15(13)14/h5-11H,3H2,1-2H3/b12-11+. The van der Waals surface area contributed by atoms with Gasteiger partial charge in [0, 0.05) is 0 Å². The molecule has 1 radical (unpaired) electrons. The minimum absolute atomic E-state index is 1.11. The maximum atomic E-state index is 3.11. The molecule has 0 saturated carbocycles. The van der Waals surface area contributed by atoms with Crippen LogP contribution in [-0.4, -0.2) is 0 Å². The fraction of sp³-hybridized carbons (Fsp3) is 0.200. The van der Waals surface area contributed by atoms with Crippen LogP contribution in [0.2, 0.25) is 0 Å². The van der Waals surface area contributed by atoms with E-state index in [0.717, 1.165) is 6.42 Å². The molecule has 0 amide bonds. The van der Waals surface area contributed by atoms with Gasteiger partial charge in [-0.05, 0) is 41.8 Å². The molecule has 2 aromatic rings. The molecule has 0 nitrogen and oxygen atoms in total. The first-order chi connectivity index (χ1) is 7.31. The SMILES string of the molecule is CC/C(C)=C/c1cccc2c[c]ccc12. The summed E-state index contributed by atoms with van der Waals surface area (Å²) in [6, 6.07) is 15.6. The number of hydrogen-bond donors (Lipinski definition) is 0. The molecule has 0 saturated heterocycles. The lowest BCUT2D eigenvalue weighted by Crippen LogP contribution is -1.79. The Labute approximate surface area is 91.2 Å². The van der Waals surface area contributed by atoms with Crippen LogP contribution in [0.1, 0.15) is 25.8 Å². The van der Waals surface area contributed by atoms with Gasteiger partial charge in [0.1, 0.15) is 0 Å². The summed E-state index contributed by atoms with van der Waals surface area (Å²) in [6.45, 7) is 4.36. The molecule has 0 heteroatoms. The Bertz CT molecular complexity index is 487. The molecule has 0 aliphatic carbocycles. The van der Waals surface area contributed by atoms with Gasteiger partial charge in [-0.2, -0.15) is 0 Å². The maximum Gasteiger partial charge on any atom is -0.0111 e. The Balaban J connectivity index is 2.61. The predicted molar refractivity (Wildman–Crippen MR) is 66.7 cm³/mol. The fourth-order valence-electron chi connectivity index (χ4n) is 1.68. The lowest BCUT2D eigenvalue weighted by atomic mass is 10.0. The highest BCUT2D eigenvalue weighted by Gasteiger charge is 1.97. The number of benzene rings is 2. The molecule has 75 valence electrons. The Kier molecular flexibility index (Phi) is 2.86. The summed E-state index contributed by atoms with van der Waals surface area (Å²) in [5.41, 5.74) is 2.72. The zero-order valence-electron chi connectivity index (χ0n) is 9.25. The third-order valence-electron chi connectivity index (χ3n) is 2.72. The topological polar surface area (TPSA) is 0 Å². The zero-order valence-corrected chi connectivity index (χ0v) is 9.25. The molecular formula is C15H15. The molecule has 0 bridgehead atoms. The minimum Gasteiger partial charge on any atom is -0.0730 e. The van der Waals surface area contributed by atoms with Crippen LogP contribution in [0.5, 0.6) is 0 Å². The van der Waals surface area contributed by atoms with Crippen molar-refractivity contribution in [2.75, 3.05) is 0 Å². The van der Waals surface area contributed by atoms with E-state index in [1.807, 2.05) is 12.1 Å². The largest absolute Gasteiger partial charge is 0.0730 e. The van der Waals surface area contributed by atoms with Crippen LogP contribution in [0.4, 0.5) is 0 Å². The van der Waals surface area contributed by atoms with Gasteiger partial charge in [0.15, 0.2) is 0 Å². The summed E-state index contributed by atoms with van der Waals surface area (Å²) < 4.78 is 0. The second kappa shape index (κ2) is 4.31. The molecule has 0 aromatic heterocycles. The van der Waals surface area contributed by atoms with Gasteiger partial charge >= 0.3 is 0 Å². The van der Waals surface area contributed by atoms with E-state index in [4.69, 9.17) is 0 Å². The van der Waals surface area contributed by atoms with Gasteiger partial charge in [-0.3, -0.25) is 0 Å². The maximum absolute atomic E-state index is 3.11. The smallest absolute Gasteiger partial charge is 0.0111 e. The summed E-state index contributed by atoms with van der Waals surface area (Å²) in [5.74, 6) is 0. The number of rotatable bonds is 2. The van der Waals surface area contributed by atoms with E-state index in [9.17, 15) is 0 Å². The van der Waals surface area contributed by atoms with Crippen LogP contribution < -0.4 is 0 Å². The second-order valence-corrected chi connectivity index (χ2v) is 3.84. The minimum atomic E-state index is 1.11. The third-order valence-corrected chi connectivity index (χ3v) is 2.72. The highest BCUT2D eigenvalue weighted by molar-refractivity contribution is 5.90. The van der Waals surface area contributed by atoms with Gasteiger partial charge < -0.3 is 0 Å². The number of hydrogen-bond acceptors (Lipinski definition) is 0. The van der Waals surface area contributed by atoms with Crippen LogP contribution in [0, 0.1) is 6.07 Å². The molecule has 0 atom stereocenters. The van der Waals surface area contributed by atoms with E-state index >= 15 is 0 Å². The number of fused-ring (bicyclic) bond motifs is 1. The van der Waals surface area contributed by atoms with E-state index in [1.165, 1.54) is 21.9 Å². The van der Waals surface area contributed by atoms with Crippen molar-refractivity contribution < 1.29 is 0 Å². The van der Waals surface area contributed by atoms with Crippen LogP contribution in [0.3, 0.4) is 0 Å². The lowest BCUT2D eigenvalue weighted by Gasteiger charge is -2.03. The fourth-order valence-corrected chi connectivity index (χ4v) is 1.68. The van der Waals surface area contributed by atoms with Gasteiger partial charge in [0.05, 0.1) is 0 Å². The molecule has 0 spiro atoms. The molecule has 0 aliphatic heterocycles. The molecule has 2 rings (SSSR count). The van der Waals surface area contributed by atoms with Crippen molar-refractivity contribution in [2.45, 2.75) is 20.3 Å². The normalized spacial score (nSPS) is 12.0. The Hall–Kier alpha value is -1.56. The molecule has 0 unspecified atom stereocenters. The second-order valence-electron chi connectivity index (χ2n) is 3.84. The van der Waals surface area contributed by atoms with Crippen LogP contribution in [0.15, 0.2) is 42.0 Å². The van der Waals surface area contributed by atoms with Gasteiger partial charge in [-0.25, -0.2) is 0 Å². The number of allylic oxidation sites excluding steroid dienone is 1. The summed E-state index contributed by atoms with van der Waals surface area (Å²) >= 11 is 0. The molecule has 2 aromatic carbocycles. The highest BCUT2D eigenvalue weighted by atomic mass is 14.0. The quantitative estimate of drug-likeness (QED) is 0.664. The highest BCUT2D eigenvalue weighted by Crippen LogP contribution is 2.21. The molecule has 0 fully saturated rings. The summed E-state index contributed by atoms with van der Waals surface area (Å²) in [4.78, 5) is 0. The zero-order chi connectivity index (χ0) is 10.7. The average Bonchev–Trinajstić information content (AvgIpc) is 2.29. The lowest BCUT2D eigenvalue weighted by molar-refractivity contribution is 1.11. The van der Waals surface area contributed by atoms with Crippen molar-refractivity contribution in [2.24, 2.45) is 0 Å². The van der Waals surface area contributed by atoms with E-state index < -0.39 is 0 Å².